The first-order valence-electron chi connectivity index (χ1n) is 4.45. The number of aryl methyl sites for hydroxylation is 2. The Kier molecular flexibility index (Phi) is 1.72. The van der Waals surface area contributed by atoms with Crippen LogP contribution in [0.2, 0.25) is 0 Å². The zero-order valence-corrected chi connectivity index (χ0v) is 7.91. The lowest BCUT2D eigenvalue weighted by Gasteiger charge is -2.03. The molecule has 0 saturated heterocycles. The molecule has 1 aromatic carbocycles. The standard InChI is InChI=1S/C10H13N3/c1-3-13-9-7(2)5-4-6-8(9)12-10(13)11/h4-6H,3H2,1-2H3,(H2,11,12). The second-order valence-corrected chi connectivity index (χ2v) is 3.16. The van der Waals surface area contributed by atoms with Crippen LogP contribution in [0.1, 0.15) is 12.5 Å². The van der Waals surface area contributed by atoms with Gasteiger partial charge in [0.15, 0.2) is 0 Å². The van der Waals surface area contributed by atoms with Crippen molar-refractivity contribution in [2.45, 2.75) is 20.4 Å². The third-order valence-electron chi connectivity index (χ3n) is 2.31. The fourth-order valence-electron chi connectivity index (χ4n) is 1.70. The minimum atomic E-state index is 0.604. The highest BCUT2D eigenvalue weighted by atomic mass is 15.1. The summed E-state index contributed by atoms with van der Waals surface area (Å²) in [5.41, 5.74) is 9.15. The Hall–Kier alpha value is -1.51. The number of imidazole rings is 1. The van der Waals surface area contributed by atoms with E-state index in [1.807, 2.05) is 16.7 Å². The fraction of sp³-hybridized carbons (Fsp3) is 0.300. The van der Waals surface area contributed by atoms with E-state index in [2.05, 4.69) is 24.9 Å². The molecular weight excluding hydrogens is 162 g/mol. The molecule has 0 aliphatic rings. The molecular formula is C10H13N3. The predicted molar refractivity (Wildman–Crippen MR) is 54.6 cm³/mol. The second kappa shape index (κ2) is 2.76. The number of nitrogens with two attached hydrogens (primary N) is 1. The van der Waals surface area contributed by atoms with Crippen molar-refractivity contribution in [3.05, 3.63) is 23.8 Å². The van der Waals surface area contributed by atoms with Gasteiger partial charge in [-0.2, -0.15) is 0 Å². The minimum absolute atomic E-state index is 0.604. The molecule has 0 bridgehead atoms. The third kappa shape index (κ3) is 1.08. The molecule has 13 heavy (non-hydrogen) atoms. The Morgan fingerprint density at radius 2 is 2.23 bits per heavy atom. The van der Waals surface area contributed by atoms with E-state index in [0.717, 1.165) is 17.6 Å². The lowest BCUT2D eigenvalue weighted by Crippen LogP contribution is -2.01. The van der Waals surface area contributed by atoms with E-state index < -0.39 is 0 Å². The van der Waals surface area contributed by atoms with Crippen LogP contribution in [-0.4, -0.2) is 9.55 Å². The largest absolute Gasteiger partial charge is 0.369 e. The smallest absolute Gasteiger partial charge is 0.201 e. The van der Waals surface area contributed by atoms with Crippen molar-refractivity contribution in [1.82, 2.24) is 9.55 Å². The molecule has 0 fully saturated rings. The number of fused-ring (bicyclic) bond motifs is 1. The fourth-order valence-corrected chi connectivity index (χ4v) is 1.70. The van der Waals surface area contributed by atoms with E-state index in [1.165, 1.54) is 5.56 Å². The number of para-hydroxylation sites is 1. The molecule has 0 radical (unpaired) electrons. The summed E-state index contributed by atoms with van der Waals surface area (Å²) in [7, 11) is 0. The van der Waals surface area contributed by atoms with Gasteiger partial charge < -0.3 is 10.3 Å². The van der Waals surface area contributed by atoms with Crippen LogP contribution in [0, 0.1) is 6.92 Å². The van der Waals surface area contributed by atoms with Crippen LogP contribution in [0.15, 0.2) is 18.2 Å². The van der Waals surface area contributed by atoms with Gasteiger partial charge >= 0.3 is 0 Å². The first kappa shape index (κ1) is 8.10. The topological polar surface area (TPSA) is 43.8 Å². The van der Waals surface area contributed by atoms with Crippen molar-refractivity contribution in [3.8, 4) is 0 Å². The summed E-state index contributed by atoms with van der Waals surface area (Å²) >= 11 is 0. The van der Waals surface area contributed by atoms with E-state index in [-0.39, 0.29) is 0 Å². The normalized spacial score (nSPS) is 10.9. The van der Waals surface area contributed by atoms with Gasteiger partial charge in [-0.25, -0.2) is 4.98 Å². The molecule has 0 aliphatic heterocycles. The first-order valence-corrected chi connectivity index (χ1v) is 4.45. The number of rotatable bonds is 1. The van der Waals surface area contributed by atoms with Gasteiger partial charge in [-0.1, -0.05) is 12.1 Å². The molecule has 2 rings (SSSR count). The summed E-state index contributed by atoms with van der Waals surface area (Å²) in [6.07, 6.45) is 0. The van der Waals surface area contributed by atoms with E-state index >= 15 is 0 Å². The highest BCUT2D eigenvalue weighted by Crippen LogP contribution is 2.20. The molecule has 68 valence electrons. The van der Waals surface area contributed by atoms with Crippen molar-refractivity contribution >= 4 is 17.0 Å². The highest BCUT2D eigenvalue weighted by molar-refractivity contribution is 5.81. The molecule has 2 N–H and O–H groups in total. The quantitative estimate of drug-likeness (QED) is 0.719. The number of anilines is 1. The van der Waals surface area contributed by atoms with Crippen molar-refractivity contribution in [2.75, 3.05) is 5.73 Å². The van der Waals surface area contributed by atoms with Gasteiger partial charge in [0.2, 0.25) is 5.95 Å². The maximum Gasteiger partial charge on any atom is 0.201 e. The summed E-state index contributed by atoms with van der Waals surface area (Å²) in [6, 6.07) is 6.07. The number of aromatic nitrogens is 2. The Bertz CT molecular complexity index is 443. The van der Waals surface area contributed by atoms with Crippen LogP contribution < -0.4 is 5.73 Å². The average Bonchev–Trinajstić information content (AvgIpc) is 2.42. The van der Waals surface area contributed by atoms with Crippen molar-refractivity contribution in [2.24, 2.45) is 0 Å². The first-order chi connectivity index (χ1) is 6.24. The van der Waals surface area contributed by atoms with Gasteiger partial charge in [-0.15, -0.1) is 0 Å². The Morgan fingerprint density at radius 1 is 1.46 bits per heavy atom. The maximum atomic E-state index is 5.78. The Morgan fingerprint density at radius 3 is 2.92 bits per heavy atom. The van der Waals surface area contributed by atoms with Gasteiger partial charge in [-0.3, -0.25) is 0 Å². The molecule has 1 heterocycles. The third-order valence-corrected chi connectivity index (χ3v) is 2.31. The summed E-state index contributed by atoms with van der Waals surface area (Å²) in [5, 5.41) is 0. The van der Waals surface area contributed by atoms with Crippen LogP contribution in [-0.2, 0) is 6.54 Å². The van der Waals surface area contributed by atoms with Gasteiger partial charge in [0.05, 0.1) is 11.0 Å². The number of nitrogen functional groups attached to an aromatic ring is 1. The maximum absolute atomic E-state index is 5.78. The molecule has 0 atom stereocenters. The SMILES string of the molecule is CCn1c(N)nc2cccc(C)c21. The molecule has 0 aliphatic carbocycles. The van der Waals surface area contributed by atoms with Crippen LogP contribution in [0.4, 0.5) is 5.95 Å². The zero-order valence-electron chi connectivity index (χ0n) is 7.91. The number of hydrogen-bond acceptors (Lipinski definition) is 2. The molecule has 2 aromatic rings. The van der Waals surface area contributed by atoms with Gasteiger partial charge in [0.25, 0.3) is 0 Å². The monoisotopic (exact) mass is 175 g/mol. The summed E-state index contributed by atoms with van der Waals surface area (Å²) in [6.45, 7) is 5.02. The molecule has 0 spiro atoms. The lowest BCUT2D eigenvalue weighted by atomic mass is 10.2. The number of benzene rings is 1. The molecule has 0 saturated carbocycles. The number of nitrogens with zero attached hydrogens (tertiary/aromatic N) is 2. The van der Waals surface area contributed by atoms with Crippen LogP contribution >= 0.6 is 0 Å². The summed E-state index contributed by atoms with van der Waals surface area (Å²) < 4.78 is 2.03. The van der Waals surface area contributed by atoms with E-state index in [9.17, 15) is 0 Å². The predicted octanol–water partition coefficient (Wildman–Crippen LogP) is 1.95. The van der Waals surface area contributed by atoms with Crippen molar-refractivity contribution < 1.29 is 0 Å². The van der Waals surface area contributed by atoms with E-state index in [4.69, 9.17) is 5.73 Å². The minimum Gasteiger partial charge on any atom is -0.369 e. The van der Waals surface area contributed by atoms with Gasteiger partial charge in [0, 0.05) is 6.54 Å². The second-order valence-electron chi connectivity index (χ2n) is 3.16. The molecule has 3 heteroatoms. The Balaban J connectivity index is 2.88. The molecule has 0 amide bonds. The highest BCUT2D eigenvalue weighted by Gasteiger charge is 2.07. The van der Waals surface area contributed by atoms with Gasteiger partial charge in [0.1, 0.15) is 0 Å². The molecule has 0 unspecified atom stereocenters. The van der Waals surface area contributed by atoms with E-state index in [0.29, 0.717) is 5.95 Å². The van der Waals surface area contributed by atoms with Gasteiger partial charge in [-0.05, 0) is 25.5 Å². The van der Waals surface area contributed by atoms with Crippen molar-refractivity contribution in [1.29, 1.82) is 0 Å². The lowest BCUT2D eigenvalue weighted by molar-refractivity contribution is 0.798. The Labute approximate surface area is 77.2 Å². The van der Waals surface area contributed by atoms with E-state index in [1.54, 1.807) is 0 Å². The van der Waals surface area contributed by atoms with Crippen LogP contribution in [0.3, 0.4) is 0 Å². The van der Waals surface area contributed by atoms with Crippen LogP contribution in [0.25, 0.3) is 11.0 Å². The van der Waals surface area contributed by atoms with Crippen molar-refractivity contribution in [3.63, 3.8) is 0 Å². The molecule has 3 nitrogen and oxygen atoms in total. The summed E-state index contributed by atoms with van der Waals surface area (Å²) in [5.74, 6) is 0.604. The summed E-state index contributed by atoms with van der Waals surface area (Å²) in [4.78, 5) is 4.29. The number of hydrogen-bond donors (Lipinski definition) is 1. The van der Waals surface area contributed by atoms with Crippen LogP contribution in [0.5, 0.6) is 0 Å². The zero-order chi connectivity index (χ0) is 9.42. The molecule has 1 aromatic heterocycles. The average molecular weight is 175 g/mol.